The first kappa shape index (κ1) is 30.7. The van der Waals surface area contributed by atoms with Gasteiger partial charge >= 0.3 is 6.18 Å². The number of halogens is 5. The van der Waals surface area contributed by atoms with Gasteiger partial charge in [-0.1, -0.05) is 29.6 Å². The second-order valence-corrected chi connectivity index (χ2v) is 11.6. The number of nitrogens with one attached hydrogen (secondary N) is 1. The Balaban J connectivity index is 1.45. The van der Waals surface area contributed by atoms with E-state index in [1.165, 1.54) is 6.42 Å². The molecule has 7 nitrogen and oxygen atoms in total. The number of rotatable bonds is 8. The fourth-order valence-electron chi connectivity index (χ4n) is 5.63. The van der Waals surface area contributed by atoms with Crippen LogP contribution in [0.4, 0.5) is 13.2 Å². The van der Waals surface area contributed by atoms with Crippen LogP contribution < -0.4 is 10.1 Å². The van der Waals surface area contributed by atoms with Crippen LogP contribution in [0.25, 0.3) is 16.9 Å². The van der Waals surface area contributed by atoms with Crippen molar-refractivity contribution in [1.29, 1.82) is 0 Å². The molecule has 226 valence electrons. The van der Waals surface area contributed by atoms with E-state index < -0.39 is 19.2 Å². The summed E-state index contributed by atoms with van der Waals surface area (Å²) in [4.78, 5) is 13.8. The third kappa shape index (κ3) is 7.22. The zero-order valence-corrected chi connectivity index (χ0v) is 24.9. The molecule has 0 spiro atoms. The van der Waals surface area contributed by atoms with Crippen molar-refractivity contribution in [2.24, 2.45) is 0 Å². The van der Waals surface area contributed by atoms with E-state index in [1.807, 2.05) is 6.92 Å². The van der Waals surface area contributed by atoms with E-state index >= 15 is 0 Å². The minimum atomic E-state index is -4.29. The highest BCUT2D eigenvalue weighted by molar-refractivity contribution is 6.35. The maximum atomic E-state index is 13.8. The van der Waals surface area contributed by atoms with Crippen LogP contribution >= 0.6 is 23.2 Å². The average molecular weight is 625 g/mol. The quantitative estimate of drug-likeness (QED) is 0.283. The maximum absolute atomic E-state index is 13.8. The first-order valence-corrected chi connectivity index (χ1v) is 15.0. The fourth-order valence-corrected chi connectivity index (χ4v) is 6.12. The molecule has 2 aliphatic rings. The normalized spacial score (nSPS) is 18.7. The third-order valence-electron chi connectivity index (χ3n) is 7.73. The van der Waals surface area contributed by atoms with Gasteiger partial charge in [-0.05, 0) is 81.5 Å². The molecule has 1 aromatic heterocycles. The number of carbonyl (C=O) groups excluding carboxylic acids is 1. The van der Waals surface area contributed by atoms with Gasteiger partial charge in [-0.15, -0.1) is 0 Å². The molecule has 1 atom stereocenters. The monoisotopic (exact) mass is 623 g/mol. The average Bonchev–Trinajstić information content (AvgIpc) is 3.30. The van der Waals surface area contributed by atoms with Gasteiger partial charge in [-0.3, -0.25) is 4.79 Å². The Kier molecular flexibility index (Phi) is 9.67. The molecule has 2 aromatic carbocycles. The smallest absolute Gasteiger partial charge is 0.392 e. The number of piperidine rings is 2. The van der Waals surface area contributed by atoms with Crippen molar-refractivity contribution in [3.05, 3.63) is 63.8 Å². The Hall–Kier alpha value is -2.79. The Morgan fingerprint density at radius 2 is 1.74 bits per heavy atom. The maximum Gasteiger partial charge on any atom is 0.392 e. The Morgan fingerprint density at radius 1 is 1.02 bits per heavy atom. The largest absolute Gasteiger partial charge is 0.493 e. The second kappa shape index (κ2) is 13.2. The van der Waals surface area contributed by atoms with Crippen LogP contribution in [0.1, 0.15) is 61.0 Å². The van der Waals surface area contributed by atoms with Crippen LogP contribution in [0, 0.1) is 6.92 Å². The van der Waals surface area contributed by atoms with E-state index in [1.54, 1.807) is 47.1 Å². The molecule has 0 radical (unpaired) electrons. The predicted molar refractivity (Wildman–Crippen MR) is 157 cm³/mol. The lowest BCUT2D eigenvalue weighted by Crippen LogP contribution is -2.59. The van der Waals surface area contributed by atoms with Crippen molar-refractivity contribution in [3.63, 3.8) is 0 Å². The van der Waals surface area contributed by atoms with Gasteiger partial charge in [0.2, 0.25) is 0 Å². The summed E-state index contributed by atoms with van der Waals surface area (Å²) in [5.74, 6) is 0.0305. The molecule has 3 aromatic rings. The van der Waals surface area contributed by atoms with Crippen LogP contribution in [0.3, 0.4) is 0 Å². The SMILES string of the molecule is Cc1c(C(=O)NC2CCCCN2N2CCCCC2)nn(-c2ccc(Cl)cc2Cl)c1-c1ccc(OCCC(F)(F)F)cc1. The van der Waals surface area contributed by atoms with Gasteiger partial charge in [0.15, 0.2) is 5.69 Å². The minimum Gasteiger partial charge on any atom is -0.493 e. The molecule has 42 heavy (non-hydrogen) atoms. The van der Waals surface area contributed by atoms with Gasteiger partial charge in [0.25, 0.3) is 5.91 Å². The molecule has 2 aliphatic heterocycles. The lowest BCUT2D eigenvalue weighted by Gasteiger charge is -2.44. The predicted octanol–water partition coefficient (Wildman–Crippen LogP) is 7.43. The first-order chi connectivity index (χ1) is 20.1. The fraction of sp³-hybridized carbons (Fsp3) is 0.467. The highest BCUT2D eigenvalue weighted by Crippen LogP contribution is 2.34. The van der Waals surface area contributed by atoms with Gasteiger partial charge in [-0.2, -0.15) is 18.3 Å². The van der Waals surface area contributed by atoms with Crippen LogP contribution in [0.5, 0.6) is 5.75 Å². The lowest BCUT2D eigenvalue weighted by atomic mass is 10.1. The Bertz CT molecular complexity index is 1390. The van der Waals surface area contributed by atoms with Crippen molar-refractivity contribution in [2.45, 2.75) is 64.2 Å². The van der Waals surface area contributed by atoms with Gasteiger partial charge in [0.1, 0.15) is 5.75 Å². The number of amides is 1. The molecule has 2 fully saturated rings. The van der Waals surface area contributed by atoms with Gasteiger partial charge < -0.3 is 10.1 Å². The van der Waals surface area contributed by atoms with Crippen molar-refractivity contribution in [2.75, 3.05) is 26.2 Å². The summed E-state index contributed by atoms with van der Waals surface area (Å²) in [5, 5.41) is 13.5. The van der Waals surface area contributed by atoms with Crippen molar-refractivity contribution < 1.29 is 22.7 Å². The molecular formula is C30H34Cl2F3N5O2. The number of hydrogen-bond acceptors (Lipinski definition) is 5. The second-order valence-electron chi connectivity index (χ2n) is 10.7. The molecule has 1 amide bonds. The number of carbonyl (C=O) groups is 1. The van der Waals surface area contributed by atoms with Crippen LogP contribution in [-0.2, 0) is 0 Å². The van der Waals surface area contributed by atoms with Gasteiger partial charge in [-0.25, -0.2) is 14.7 Å². The standard InChI is InChI=1S/C30H34Cl2F3N5O2/c1-20-27(29(41)36-26-7-3-6-17-39(26)38-15-4-2-5-16-38)37-40(25-13-10-22(31)19-24(25)32)28(20)21-8-11-23(12-9-21)42-18-14-30(33,34)35/h8-13,19,26H,2-7,14-18H2,1H3,(H,36,41). The molecule has 1 unspecified atom stereocenters. The third-order valence-corrected chi connectivity index (χ3v) is 8.26. The first-order valence-electron chi connectivity index (χ1n) is 14.3. The molecule has 12 heteroatoms. The summed E-state index contributed by atoms with van der Waals surface area (Å²) in [6.07, 6.45) is 1.06. The molecule has 0 aliphatic carbocycles. The van der Waals surface area contributed by atoms with E-state index in [9.17, 15) is 18.0 Å². The number of aromatic nitrogens is 2. The summed E-state index contributed by atoms with van der Waals surface area (Å²) in [6.45, 7) is 4.25. The highest BCUT2D eigenvalue weighted by atomic mass is 35.5. The van der Waals surface area contributed by atoms with Crippen molar-refractivity contribution in [1.82, 2.24) is 25.1 Å². The molecule has 2 saturated heterocycles. The Morgan fingerprint density at radius 3 is 2.43 bits per heavy atom. The lowest BCUT2D eigenvalue weighted by molar-refractivity contribution is -0.139. The zero-order chi connectivity index (χ0) is 29.9. The van der Waals surface area contributed by atoms with Crippen molar-refractivity contribution >= 4 is 29.1 Å². The number of benzene rings is 2. The highest BCUT2D eigenvalue weighted by Gasteiger charge is 2.32. The van der Waals surface area contributed by atoms with Crippen LogP contribution in [0.2, 0.25) is 10.0 Å². The summed E-state index contributed by atoms with van der Waals surface area (Å²) < 4.78 is 44.5. The zero-order valence-electron chi connectivity index (χ0n) is 23.4. The summed E-state index contributed by atoms with van der Waals surface area (Å²) in [5.41, 5.74) is 2.77. The topological polar surface area (TPSA) is 62.6 Å². The molecule has 1 N–H and O–H groups in total. The number of hydrogen-bond donors (Lipinski definition) is 1. The number of alkyl halides is 3. The van der Waals surface area contributed by atoms with Gasteiger partial charge in [0.05, 0.1) is 35.6 Å². The van der Waals surface area contributed by atoms with Crippen molar-refractivity contribution in [3.8, 4) is 22.7 Å². The molecular weight excluding hydrogens is 590 g/mol. The van der Waals surface area contributed by atoms with E-state index in [0.29, 0.717) is 38.3 Å². The van der Waals surface area contributed by atoms with Crippen LogP contribution in [0.15, 0.2) is 42.5 Å². The van der Waals surface area contributed by atoms with E-state index in [0.717, 1.165) is 51.7 Å². The van der Waals surface area contributed by atoms with E-state index in [2.05, 4.69) is 15.3 Å². The molecule has 3 heterocycles. The molecule has 0 bridgehead atoms. The minimum absolute atomic E-state index is 0.121. The number of hydrazine groups is 1. The number of nitrogens with zero attached hydrogens (tertiary/aromatic N) is 4. The van der Waals surface area contributed by atoms with Gasteiger partial charge in [0, 0.05) is 35.8 Å². The summed E-state index contributed by atoms with van der Waals surface area (Å²) in [6, 6.07) is 11.7. The van der Waals surface area contributed by atoms with E-state index in [-0.39, 0.29) is 17.8 Å². The van der Waals surface area contributed by atoms with Crippen LogP contribution in [-0.4, -0.2) is 64.3 Å². The van der Waals surface area contributed by atoms with E-state index in [4.69, 9.17) is 33.0 Å². The molecule has 5 rings (SSSR count). The summed E-state index contributed by atoms with van der Waals surface area (Å²) >= 11 is 12.7. The molecule has 0 saturated carbocycles. The Labute approximate surface area is 253 Å². The number of ether oxygens (including phenoxy) is 1. The summed E-state index contributed by atoms with van der Waals surface area (Å²) in [7, 11) is 0.